The Hall–Kier alpha value is 2.46. The molecule has 0 aliphatic heterocycles. The molecule has 2 atom stereocenters. The van der Waals surface area contributed by atoms with Gasteiger partial charge in [-0.3, -0.25) is 4.57 Å². The molecule has 4 N–H and O–H groups in total. The molecule has 0 radical (unpaired) electrons. The third kappa shape index (κ3) is 12.5. The summed E-state index contributed by atoms with van der Waals surface area (Å²) in [5.74, 6) is 0. The van der Waals surface area contributed by atoms with E-state index in [9.17, 15) is 18.6 Å². The van der Waals surface area contributed by atoms with Crippen LogP contribution in [0.4, 0.5) is 0 Å². The third-order valence-electron chi connectivity index (χ3n) is 0.416. The Morgan fingerprint density at radius 3 is 1.50 bits per heavy atom. The monoisotopic (exact) mass is 390 g/mol. The van der Waals surface area contributed by atoms with Crippen molar-refractivity contribution in [1.82, 2.24) is 0 Å². The van der Waals surface area contributed by atoms with Crippen LogP contribution in [-0.4, -0.2) is 19.6 Å². The molecule has 2 unspecified atom stereocenters. The number of hydrogen-bond donors (Lipinski definition) is 4. The molecule has 10 nitrogen and oxygen atoms in total. The third-order valence-corrected chi connectivity index (χ3v) is 3.74. The smallest absolute Gasteiger partial charge is 0.756 e. The van der Waals surface area contributed by atoms with Crippen molar-refractivity contribution in [2.75, 3.05) is 0 Å². The summed E-state index contributed by atoms with van der Waals surface area (Å²) in [5.41, 5.74) is 0. The minimum atomic E-state index is -5.60. The standard InChI is InChI=1S/Cs.H5O10P3/c;1-11(2,3)9-13(7,8)10-12(4,5)6/h;(H,7,8)(H2,1,2,3)(H2,4,5,6)/q+1;/p-1. The van der Waals surface area contributed by atoms with Crippen LogP contribution in [0.3, 0.4) is 0 Å². The summed E-state index contributed by atoms with van der Waals surface area (Å²) in [4.78, 5) is 41.9. The summed E-state index contributed by atoms with van der Waals surface area (Å²) < 4.78 is 36.1. The van der Waals surface area contributed by atoms with Crippen molar-refractivity contribution < 1.29 is 116 Å². The molecule has 0 fully saturated rings. The van der Waals surface area contributed by atoms with Crippen molar-refractivity contribution in [3.63, 3.8) is 0 Å². The summed E-state index contributed by atoms with van der Waals surface area (Å²) in [6, 6.07) is 0. The summed E-state index contributed by atoms with van der Waals surface area (Å²) in [6.45, 7) is 0. The topological polar surface area (TPSA) is 174 Å². The Balaban J connectivity index is 0. The van der Waals surface area contributed by atoms with Crippen LogP contribution in [0.2, 0.25) is 0 Å². The first-order valence-electron chi connectivity index (χ1n) is 2.26. The molecular weight excluding hydrogens is 386 g/mol. The van der Waals surface area contributed by atoms with Gasteiger partial charge in [0, 0.05) is 0 Å². The fourth-order valence-electron chi connectivity index (χ4n) is 0.280. The Bertz CT molecular complexity index is 277. The van der Waals surface area contributed by atoms with Crippen molar-refractivity contribution in [2.45, 2.75) is 0 Å². The van der Waals surface area contributed by atoms with Crippen molar-refractivity contribution in [2.24, 2.45) is 0 Å². The van der Waals surface area contributed by atoms with Gasteiger partial charge in [0.25, 0.3) is 7.82 Å². The van der Waals surface area contributed by atoms with Gasteiger partial charge in [-0.25, -0.2) is 13.4 Å². The van der Waals surface area contributed by atoms with E-state index in [1.54, 1.807) is 0 Å². The van der Waals surface area contributed by atoms with Gasteiger partial charge < -0.3 is 24.5 Å². The summed E-state index contributed by atoms with van der Waals surface area (Å²) >= 11 is 0. The molecule has 0 saturated carbocycles. The average molecular weight is 390 g/mol. The predicted octanol–water partition coefficient (Wildman–Crippen LogP) is -4.32. The maximum atomic E-state index is 10.3. The molecule has 0 heterocycles. The van der Waals surface area contributed by atoms with Crippen LogP contribution in [0.25, 0.3) is 0 Å². The molecule has 0 aliphatic carbocycles. The molecule has 0 rings (SSSR count). The maximum absolute atomic E-state index is 10.3. The van der Waals surface area contributed by atoms with Gasteiger partial charge in [0.1, 0.15) is 0 Å². The normalized spacial score (nSPS) is 20.4. The zero-order valence-electron chi connectivity index (χ0n) is 6.58. The van der Waals surface area contributed by atoms with Crippen molar-refractivity contribution in [3.05, 3.63) is 0 Å². The van der Waals surface area contributed by atoms with Gasteiger partial charge in [0.2, 0.25) is 0 Å². The van der Waals surface area contributed by atoms with Gasteiger partial charge >= 0.3 is 84.5 Å². The second kappa shape index (κ2) is 6.41. The van der Waals surface area contributed by atoms with Crippen LogP contribution < -0.4 is 73.8 Å². The number of phosphoric acid groups is 3. The van der Waals surface area contributed by atoms with Gasteiger partial charge in [-0.2, -0.15) is 4.31 Å². The molecule has 14 heteroatoms. The molecule has 0 aliphatic rings. The van der Waals surface area contributed by atoms with E-state index in [1.165, 1.54) is 0 Å². The SMILES string of the molecule is O=P([O-])(O)OP(=O)(O)OP(=O)(O)O.[Cs+]. The molecule has 0 bridgehead atoms. The zero-order chi connectivity index (χ0) is 10.9. The molecular formula is H4CsO10P3. The Morgan fingerprint density at radius 2 is 1.29 bits per heavy atom. The largest absolute Gasteiger partial charge is 1.00 e. The average Bonchev–Trinajstić information content (AvgIpc) is 1.43. The minimum absolute atomic E-state index is 0. The van der Waals surface area contributed by atoms with E-state index in [-0.39, 0.29) is 68.9 Å². The van der Waals surface area contributed by atoms with Crippen molar-refractivity contribution in [3.8, 4) is 0 Å². The molecule has 80 valence electrons. The van der Waals surface area contributed by atoms with E-state index in [4.69, 9.17) is 19.6 Å². The summed E-state index contributed by atoms with van der Waals surface area (Å²) in [5, 5.41) is 0. The van der Waals surface area contributed by atoms with Gasteiger partial charge in [0.05, 0.1) is 0 Å². The molecule has 0 aromatic heterocycles. The number of rotatable bonds is 4. The van der Waals surface area contributed by atoms with Crippen LogP contribution in [-0.2, 0) is 22.3 Å². The molecule has 0 aromatic rings. The first-order chi connectivity index (χ1) is 5.41. The van der Waals surface area contributed by atoms with Crippen LogP contribution in [0.15, 0.2) is 0 Å². The van der Waals surface area contributed by atoms with Crippen LogP contribution in [0.5, 0.6) is 0 Å². The molecule has 0 saturated heterocycles. The van der Waals surface area contributed by atoms with E-state index in [0.717, 1.165) is 0 Å². The fraction of sp³-hybridized carbons (Fsp3) is 0. The van der Waals surface area contributed by atoms with E-state index in [1.807, 2.05) is 0 Å². The molecule has 0 amide bonds. The van der Waals surface area contributed by atoms with E-state index in [0.29, 0.717) is 0 Å². The van der Waals surface area contributed by atoms with Gasteiger partial charge in [-0.05, 0) is 0 Å². The van der Waals surface area contributed by atoms with Gasteiger partial charge in [-0.1, -0.05) is 0 Å². The summed E-state index contributed by atoms with van der Waals surface area (Å²) in [7, 11) is -16.5. The molecule has 0 aromatic carbocycles. The Kier molecular flexibility index (Phi) is 8.61. The van der Waals surface area contributed by atoms with Crippen LogP contribution in [0.1, 0.15) is 0 Å². The quantitative estimate of drug-likeness (QED) is 0.344. The summed E-state index contributed by atoms with van der Waals surface area (Å²) in [6.07, 6.45) is 0. The first kappa shape index (κ1) is 18.8. The first-order valence-corrected chi connectivity index (χ1v) is 6.78. The number of hydrogen-bond acceptors (Lipinski definition) is 6. The van der Waals surface area contributed by atoms with Crippen LogP contribution >= 0.6 is 23.5 Å². The Labute approximate surface area is 137 Å². The van der Waals surface area contributed by atoms with Crippen molar-refractivity contribution >= 4 is 23.5 Å². The van der Waals surface area contributed by atoms with Gasteiger partial charge in [-0.15, -0.1) is 0 Å². The van der Waals surface area contributed by atoms with E-state index in [2.05, 4.69) is 8.62 Å². The predicted molar refractivity (Wildman–Crippen MR) is 33.9 cm³/mol. The zero-order valence-corrected chi connectivity index (χ0v) is 15.5. The van der Waals surface area contributed by atoms with Crippen molar-refractivity contribution in [1.29, 1.82) is 0 Å². The second-order valence-electron chi connectivity index (χ2n) is 1.59. The van der Waals surface area contributed by atoms with Crippen LogP contribution in [0, 0.1) is 0 Å². The molecule has 14 heavy (non-hydrogen) atoms. The van der Waals surface area contributed by atoms with Gasteiger partial charge in [0.15, 0.2) is 0 Å². The van der Waals surface area contributed by atoms with E-state index < -0.39 is 23.5 Å². The minimum Gasteiger partial charge on any atom is -0.756 e. The van der Waals surface area contributed by atoms with E-state index >= 15 is 0 Å². The fourth-order valence-corrected chi connectivity index (χ4v) is 2.79. The molecule has 0 spiro atoms. The second-order valence-corrected chi connectivity index (χ2v) is 5.75. The maximum Gasteiger partial charge on any atom is 1.00 e. The Morgan fingerprint density at radius 1 is 0.929 bits per heavy atom.